The molecule has 1 aromatic carbocycles. The third-order valence-corrected chi connectivity index (χ3v) is 6.37. The smallest absolute Gasteiger partial charge is 0.149 e. The van der Waals surface area contributed by atoms with Gasteiger partial charge in [-0.05, 0) is 86.8 Å². The largest absolute Gasteiger partial charge is 0.387 e. The molecular formula is C32H47ClF2N2O3. The van der Waals surface area contributed by atoms with Crippen LogP contribution in [0, 0.1) is 25.3 Å². The molecule has 5 nitrogen and oxygen atoms in total. The summed E-state index contributed by atoms with van der Waals surface area (Å²) in [6.45, 7) is 11.4. The molecule has 0 aromatic heterocycles. The lowest BCUT2D eigenvalue weighted by Crippen LogP contribution is -2.23. The Balaban J connectivity index is 0. The first kappa shape index (κ1) is 39.2. The first-order chi connectivity index (χ1) is 19.2. The van der Waals surface area contributed by atoms with Crippen LogP contribution in [0.2, 0.25) is 5.02 Å². The molecule has 1 aliphatic rings. The van der Waals surface area contributed by atoms with E-state index in [1.807, 2.05) is 27.0 Å². The number of hydrogen-bond donors (Lipinski definition) is 2. The molecule has 0 radical (unpaired) electrons. The van der Waals surface area contributed by atoms with Gasteiger partial charge in [-0.1, -0.05) is 44.5 Å². The second-order valence-electron chi connectivity index (χ2n) is 8.82. The average molecular weight is 581 g/mol. The molecule has 1 heterocycles. The van der Waals surface area contributed by atoms with Crippen LogP contribution in [0.1, 0.15) is 69.9 Å². The quantitative estimate of drug-likeness (QED) is 0.0915. The normalized spacial score (nSPS) is 17.1. The SMILES string of the molecule is C#CNC.C=C/C(F)=C\C(C=O)=C/CF.CC.CNc1cc(C)cc(C(CC=O)CCC2CCOC(C)C2)c1Cl. The molecule has 1 fully saturated rings. The molecule has 0 saturated carbocycles. The van der Waals surface area contributed by atoms with E-state index in [1.54, 1.807) is 7.05 Å². The van der Waals surface area contributed by atoms with Gasteiger partial charge >= 0.3 is 0 Å². The summed E-state index contributed by atoms with van der Waals surface area (Å²) in [5.41, 5.74) is 3.19. The molecule has 0 bridgehead atoms. The van der Waals surface area contributed by atoms with Crippen LogP contribution in [0.4, 0.5) is 14.5 Å². The van der Waals surface area contributed by atoms with E-state index in [-0.39, 0.29) is 11.5 Å². The summed E-state index contributed by atoms with van der Waals surface area (Å²) in [5.74, 6) is 0.238. The van der Waals surface area contributed by atoms with Gasteiger partial charge in [-0.3, -0.25) is 4.79 Å². The number of anilines is 1. The van der Waals surface area contributed by atoms with Gasteiger partial charge in [-0.2, -0.15) is 0 Å². The van der Waals surface area contributed by atoms with Crippen molar-refractivity contribution in [3.05, 3.63) is 64.5 Å². The van der Waals surface area contributed by atoms with E-state index in [0.717, 1.165) is 73.1 Å². The van der Waals surface area contributed by atoms with Gasteiger partial charge in [-0.25, -0.2) is 8.78 Å². The molecule has 2 N–H and O–H groups in total. The van der Waals surface area contributed by atoms with Gasteiger partial charge < -0.3 is 20.2 Å². The Labute approximate surface area is 245 Å². The van der Waals surface area contributed by atoms with E-state index in [2.05, 4.69) is 49.6 Å². The molecule has 3 atom stereocenters. The monoisotopic (exact) mass is 580 g/mol. The van der Waals surface area contributed by atoms with Crippen molar-refractivity contribution in [1.82, 2.24) is 5.32 Å². The van der Waals surface area contributed by atoms with Crippen LogP contribution in [0.3, 0.4) is 0 Å². The highest BCUT2D eigenvalue weighted by atomic mass is 35.5. The van der Waals surface area contributed by atoms with Crippen LogP contribution in [0.15, 0.2) is 48.3 Å². The minimum atomic E-state index is -0.783. The maximum Gasteiger partial charge on any atom is 0.149 e. The van der Waals surface area contributed by atoms with E-state index >= 15 is 0 Å². The van der Waals surface area contributed by atoms with Gasteiger partial charge in [0.05, 0.1) is 16.8 Å². The van der Waals surface area contributed by atoms with Crippen molar-refractivity contribution in [2.24, 2.45) is 5.92 Å². The molecule has 1 aliphatic heterocycles. The topological polar surface area (TPSA) is 67.4 Å². The summed E-state index contributed by atoms with van der Waals surface area (Å²) in [4.78, 5) is 21.2. The fourth-order valence-corrected chi connectivity index (χ4v) is 4.39. The number of halogens is 3. The molecule has 224 valence electrons. The zero-order valence-electron chi connectivity index (χ0n) is 24.9. The molecule has 0 amide bonds. The predicted octanol–water partition coefficient (Wildman–Crippen LogP) is 7.90. The number of nitrogens with one attached hydrogen (secondary N) is 2. The van der Waals surface area contributed by atoms with Crippen LogP contribution in [-0.2, 0) is 14.3 Å². The lowest BCUT2D eigenvalue weighted by molar-refractivity contribution is -0.108. The van der Waals surface area contributed by atoms with Crippen molar-refractivity contribution in [2.75, 3.05) is 32.7 Å². The van der Waals surface area contributed by atoms with Gasteiger partial charge in [0.2, 0.25) is 0 Å². The van der Waals surface area contributed by atoms with Crippen molar-refractivity contribution < 1.29 is 23.1 Å². The van der Waals surface area contributed by atoms with Gasteiger partial charge in [0, 0.05) is 38.7 Å². The number of ether oxygens (including phenoxy) is 1. The number of benzene rings is 1. The highest BCUT2D eigenvalue weighted by Crippen LogP contribution is 2.37. The molecule has 2 rings (SSSR count). The van der Waals surface area contributed by atoms with E-state index in [0.29, 0.717) is 24.7 Å². The summed E-state index contributed by atoms with van der Waals surface area (Å²) in [6, 6.07) is 6.36. The van der Waals surface area contributed by atoms with E-state index in [4.69, 9.17) is 16.3 Å². The van der Waals surface area contributed by atoms with Crippen molar-refractivity contribution in [1.29, 1.82) is 0 Å². The third kappa shape index (κ3) is 16.9. The number of alkyl halides is 1. The summed E-state index contributed by atoms with van der Waals surface area (Å²) in [7, 11) is 3.57. The molecule has 1 aromatic rings. The predicted molar refractivity (Wildman–Crippen MR) is 165 cm³/mol. The zero-order chi connectivity index (χ0) is 30.9. The fraction of sp³-hybridized carbons (Fsp3) is 0.500. The van der Waals surface area contributed by atoms with Crippen molar-refractivity contribution >= 4 is 29.9 Å². The zero-order valence-corrected chi connectivity index (χ0v) is 25.6. The number of hydrogen-bond acceptors (Lipinski definition) is 5. The maximum atomic E-state index is 12.3. The van der Waals surface area contributed by atoms with Crippen LogP contribution in [-0.4, -0.2) is 46.1 Å². The van der Waals surface area contributed by atoms with Crippen LogP contribution in [0.5, 0.6) is 0 Å². The number of carbonyl (C=O) groups excluding carboxylic acids is 2. The molecule has 8 heteroatoms. The van der Waals surface area contributed by atoms with Crippen LogP contribution in [0.25, 0.3) is 0 Å². The standard InChI is InChI=1S/C19H28ClNO2.C8H8F2O.C3H5N.C2H6/c1-13-10-17(19(20)18(11-13)21-3)16(6-8-22)5-4-15-7-9-23-14(2)12-15;1-2-8(10)5-7(6-11)3-4-9;1-3-4-2;1-2/h8,10-11,14-16,21H,4-7,9,12H2,1-3H3;2-3,5-6H,1,4H2;1,4H,2H3;1-2H3/b;7-3+,8-5+;;. The van der Waals surface area contributed by atoms with Crippen LogP contribution >= 0.6 is 11.6 Å². The van der Waals surface area contributed by atoms with E-state index < -0.39 is 12.5 Å². The van der Waals surface area contributed by atoms with Crippen LogP contribution < -0.4 is 10.6 Å². The van der Waals surface area contributed by atoms with Gasteiger partial charge in [0.15, 0.2) is 0 Å². The Morgan fingerprint density at radius 2 is 1.98 bits per heavy atom. The Morgan fingerprint density at radius 3 is 2.45 bits per heavy atom. The number of terminal acetylenes is 1. The summed E-state index contributed by atoms with van der Waals surface area (Å²) in [6.07, 6.45) is 14.2. The second-order valence-corrected chi connectivity index (χ2v) is 9.20. The lowest BCUT2D eigenvalue weighted by Gasteiger charge is -2.28. The van der Waals surface area contributed by atoms with Gasteiger partial charge in [0.25, 0.3) is 0 Å². The molecule has 40 heavy (non-hydrogen) atoms. The number of aryl methyl sites for hydroxylation is 1. The second kappa shape index (κ2) is 25.0. The van der Waals surface area contributed by atoms with E-state index in [1.165, 1.54) is 5.56 Å². The minimum absolute atomic E-state index is 0.0232. The van der Waals surface area contributed by atoms with E-state index in [9.17, 15) is 18.4 Å². The van der Waals surface area contributed by atoms with Crippen molar-refractivity contribution in [2.45, 2.75) is 71.8 Å². The number of aldehydes is 2. The Bertz CT molecular complexity index is 974. The molecule has 1 saturated heterocycles. The minimum Gasteiger partial charge on any atom is -0.387 e. The Morgan fingerprint density at radius 1 is 1.32 bits per heavy atom. The average Bonchev–Trinajstić information content (AvgIpc) is 2.97. The first-order valence-corrected chi connectivity index (χ1v) is 13.9. The number of rotatable bonds is 11. The number of carbonyl (C=O) groups is 2. The number of allylic oxidation sites excluding steroid dienone is 5. The Hall–Kier alpha value is -2.95. The third-order valence-electron chi connectivity index (χ3n) is 5.94. The molecule has 3 unspecified atom stereocenters. The molecular weight excluding hydrogens is 534 g/mol. The highest BCUT2D eigenvalue weighted by molar-refractivity contribution is 6.34. The van der Waals surface area contributed by atoms with Crippen molar-refractivity contribution in [3.63, 3.8) is 0 Å². The summed E-state index contributed by atoms with van der Waals surface area (Å²) >= 11 is 6.56. The molecule has 0 aliphatic carbocycles. The summed E-state index contributed by atoms with van der Waals surface area (Å²) < 4.78 is 29.5. The maximum absolute atomic E-state index is 12.3. The van der Waals surface area contributed by atoms with Crippen molar-refractivity contribution in [3.8, 4) is 12.5 Å². The van der Waals surface area contributed by atoms with Gasteiger partial charge in [-0.15, -0.1) is 0 Å². The molecule has 0 spiro atoms. The first-order valence-electron chi connectivity index (χ1n) is 13.6. The Kier molecular flexibility index (Phi) is 24.5. The summed E-state index contributed by atoms with van der Waals surface area (Å²) in [5, 5.41) is 6.36. The fourth-order valence-electron chi connectivity index (χ4n) is 4.03. The lowest BCUT2D eigenvalue weighted by atomic mass is 9.84. The van der Waals surface area contributed by atoms with Gasteiger partial charge in [0.1, 0.15) is 25.1 Å². The highest BCUT2D eigenvalue weighted by Gasteiger charge is 2.23.